The predicted molar refractivity (Wildman–Crippen MR) is 83.7 cm³/mol. The molecule has 0 unspecified atom stereocenters. The average molecular weight is 344 g/mol. The Morgan fingerprint density at radius 1 is 1.39 bits per heavy atom. The fourth-order valence-corrected chi connectivity index (χ4v) is 2.99. The summed E-state index contributed by atoms with van der Waals surface area (Å²) >= 11 is 0. The Balaban J connectivity index is 2.00. The lowest BCUT2D eigenvalue weighted by Crippen LogP contribution is -2.37. The largest absolute Gasteiger partial charge is 0.376 e. The van der Waals surface area contributed by atoms with Gasteiger partial charge in [0.25, 0.3) is 0 Å². The van der Waals surface area contributed by atoms with Crippen LogP contribution in [-0.4, -0.2) is 39.8 Å². The smallest absolute Gasteiger partial charge is 0.221 e. The van der Waals surface area contributed by atoms with Crippen LogP contribution in [0.15, 0.2) is 24.3 Å². The van der Waals surface area contributed by atoms with Crippen LogP contribution in [0.2, 0.25) is 0 Å². The van der Waals surface area contributed by atoms with Gasteiger partial charge in [-0.2, -0.15) is 0 Å². The van der Waals surface area contributed by atoms with Crippen molar-refractivity contribution in [3.05, 3.63) is 35.6 Å². The number of carbonyl (C=O) groups is 1. The van der Waals surface area contributed by atoms with Crippen molar-refractivity contribution in [1.82, 2.24) is 10.0 Å². The lowest BCUT2D eigenvalue weighted by molar-refractivity contribution is -0.122. The van der Waals surface area contributed by atoms with Crippen LogP contribution in [-0.2, 0) is 19.6 Å². The molecule has 0 aromatic heterocycles. The Morgan fingerprint density at radius 3 is 2.65 bits per heavy atom. The summed E-state index contributed by atoms with van der Waals surface area (Å²) in [5, 5.41) is 2.86. The van der Waals surface area contributed by atoms with E-state index in [4.69, 9.17) is 4.74 Å². The zero-order valence-corrected chi connectivity index (χ0v) is 13.7. The highest BCUT2D eigenvalue weighted by Gasteiger charge is 2.28. The van der Waals surface area contributed by atoms with Gasteiger partial charge in [-0.05, 0) is 30.5 Å². The normalized spacial score (nSPS) is 19.5. The number of carbonyl (C=O) groups excluding carboxylic acids is 1. The van der Waals surface area contributed by atoms with Crippen LogP contribution in [0.25, 0.3) is 0 Å². The maximum atomic E-state index is 13.1. The molecule has 23 heavy (non-hydrogen) atoms. The Morgan fingerprint density at radius 2 is 2.09 bits per heavy atom. The second kappa shape index (κ2) is 7.85. The van der Waals surface area contributed by atoms with Crippen molar-refractivity contribution in [2.24, 2.45) is 0 Å². The quantitative estimate of drug-likeness (QED) is 0.776. The third-order valence-corrected chi connectivity index (χ3v) is 4.33. The Bertz CT molecular complexity index is 627. The zero-order valence-electron chi connectivity index (χ0n) is 12.9. The monoisotopic (exact) mass is 344 g/mol. The first-order chi connectivity index (χ1) is 10.8. The van der Waals surface area contributed by atoms with Gasteiger partial charge in [0.15, 0.2) is 0 Å². The topological polar surface area (TPSA) is 84.5 Å². The molecule has 2 atom stereocenters. The van der Waals surface area contributed by atoms with Gasteiger partial charge in [0.1, 0.15) is 5.82 Å². The molecule has 128 valence electrons. The minimum absolute atomic E-state index is 0.0253. The number of rotatable bonds is 7. The molecule has 1 saturated heterocycles. The van der Waals surface area contributed by atoms with E-state index in [0.717, 1.165) is 24.7 Å². The molecule has 1 aliphatic rings. The third kappa shape index (κ3) is 5.89. The Hall–Kier alpha value is -1.51. The average Bonchev–Trinajstić information content (AvgIpc) is 2.98. The number of hydrogen-bond donors (Lipinski definition) is 2. The molecule has 0 spiro atoms. The number of ether oxygens (including phenoxy) is 1. The molecule has 8 heteroatoms. The Labute approximate surface area is 135 Å². The molecule has 1 aliphatic heterocycles. The first kappa shape index (κ1) is 17.8. The molecule has 1 aromatic carbocycles. The van der Waals surface area contributed by atoms with Crippen molar-refractivity contribution in [2.45, 2.75) is 31.4 Å². The van der Waals surface area contributed by atoms with E-state index in [9.17, 15) is 17.6 Å². The first-order valence-corrected chi connectivity index (χ1v) is 9.35. The minimum Gasteiger partial charge on any atom is -0.376 e. The molecule has 0 bridgehead atoms. The molecule has 1 heterocycles. The number of halogens is 1. The fourth-order valence-electron chi connectivity index (χ4n) is 2.52. The second-order valence-electron chi connectivity index (χ2n) is 5.56. The van der Waals surface area contributed by atoms with Crippen molar-refractivity contribution in [3.63, 3.8) is 0 Å². The van der Waals surface area contributed by atoms with Crippen LogP contribution in [0.4, 0.5) is 4.39 Å². The molecule has 1 aromatic rings. The first-order valence-electron chi connectivity index (χ1n) is 7.46. The van der Waals surface area contributed by atoms with Gasteiger partial charge in [-0.25, -0.2) is 17.5 Å². The molecule has 0 aliphatic carbocycles. The van der Waals surface area contributed by atoms with Crippen molar-refractivity contribution >= 4 is 15.9 Å². The van der Waals surface area contributed by atoms with E-state index >= 15 is 0 Å². The van der Waals surface area contributed by atoms with E-state index in [1.807, 2.05) is 0 Å². The SMILES string of the molecule is CS(=O)(=O)NCCC(=O)N[C@@H](c1ccc(F)cc1)[C@@H]1CCCO1. The van der Waals surface area contributed by atoms with Crippen LogP contribution in [0, 0.1) is 5.82 Å². The molecule has 2 rings (SSSR count). The predicted octanol–water partition coefficient (Wildman–Crippen LogP) is 1.10. The minimum atomic E-state index is -3.32. The van der Waals surface area contributed by atoms with Crippen LogP contribution < -0.4 is 10.0 Å². The van der Waals surface area contributed by atoms with Gasteiger partial charge in [0.2, 0.25) is 15.9 Å². The summed E-state index contributed by atoms with van der Waals surface area (Å²) in [6.07, 6.45) is 2.63. The van der Waals surface area contributed by atoms with Crippen LogP contribution in [0.1, 0.15) is 30.9 Å². The van der Waals surface area contributed by atoms with Crippen molar-refractivity contribution < 1.29 is 22.3 Å². The summed E-state index contributed by atoms with van der Waals surface area (Å²) in [5.41, 5.74) is 0.766. The van der Waals surface area contributed by atoms with Gasteiger partial charge in [0, 0.05) is 19.6 Å². The molecule has 6 nitrogen and oxygen atoms in total. The maximum Gasteiger partial charge on any atom is 0.221 e. The van der Waals surface area contributed by atoms with Gasteiger partial charge >= 0.3 is 0 Å². The highest BCUT2D eigenvalue weighted by Crippen LogP contribution is 2.27. The van der Waals surface area contributed by atoms with Crippen LogP contribution in [0.3, 0.4) is 0 Å². The standard InChI is InChI=1S/C15H21FN2O4S/c1-23(20,21)17-9-8-14(19)18-15(13-3-2-10-22-13)11-4-6-12(16)7-5-11/h4-7,13,15,17H,2-3,8-10H2,1H3,(H,18,19)/t13-,15-/m0/s1. The van der Waals surface area contributed by atoms with Crippen molar-refractivity contribution in [1.29, 1.82) is 0 Å². The number of hydrogen-bond acceptors (Lipinski definition) is 4. The number of sulfonamides is 1. The van der Waals surface area contributed by atoms with Crippen molar-refractivity contribution in [3.8, 4) is 0 Å². The van der Waals surface area contributed by atoms with E-state index in [0.29, 0.717) is 6.61 Å². The summed E-state index contributed by atoms with van der Waals surface area (Å²) in [6.45, 7) is 0.667. The summed E-state index contributed by atoms with van der Waals surface area (Å²) in [4.78, 5) is 12.1. The highest BCUT2D eigenvalue weighted by molar-refractivity contribution is 7.88. The van der Waals surface area contributed by atoms with Gasteiger partial charge in [-0.3, -0.25) is 4.79 Å². The van der Waals surface area contributed by atoms with Gasteiger partial charge in [-0.15, -0.1) is 0 Å². The molecule has 1 fully saturated rings. The lowest BCUT2D eigenvalue weighted by Gasteiger charge is -2.25. The highest BCUT2D eigenvalue weighted by atomic mass is 32.2. The molecular weight excluding hydrogens is 323 g/mol. The zero-order chi connectivity index (χ0) is 16.9. The number of amides is 1. The molecule has 0 radical (unpaired) electrons. The second-order valence-corrected chi connectivity index (χ2v) is 7.40. The molecular formula is C15H21FN2O4S. The van der Waals surface area contributed by atoms with E-state index in [2.05, 4.69) is 10.0 Å². The Kier molecular flexibility index (Phi) is 6.09. The van der Waals surface area contributed by atoms with E-state index in [1.54, 1.807) is 12.1 Å². The van der Waals surface area contributed by atoms with E-state index in [-0.39, 0.29) is 36.8 Å². The van der Waals surface area contributed by atoms with Crippen LogP contribution >= 0.6 is 0 Å². The molecule has 1 amide bonds. The van der Waals surface area contributed by atoms with E-state index < -0.39 is 10.0 Å². The summed E-state index contributed by atoms with van der Waals surface area (Å²) in [5.74, 6) is -0.630. The maximum absolute atomic E-state index is 13.1. The summed E-state index contributed by atoms with van der Waals surface area (Å²) in [6, 6.07) is 5.56. The van der Waals surface area contributed by atoms with Gasteiger partial charge < -0.3 is 10.1 Å². The third-order valence-electron chi connectivity index (χ3n) is 3.60. The van der Waals surface area contributed by atoms with Crippen LogP contribution in [0.5, 0.6) is 0 Å². The van der Waals surface area contributed by atoms with Gasteiger partial charge in [0.05, 0.1) is 18.4 Å². The summed E-state index contributed by atoms with van der Waals surface area (Å²) < 4.78 is 43.0. The summed E-state index contributed by atoms with van der Waals surface area (Å²) in [7, 11) is -3.32. The molecule has 0 saturated carbocycles. The lowest BCUT2D eigenvalue weighted by atomic mass is 9.99. The number of benzene rings is 1. The van der Waals surface area contributed by atoms with Crippen molar-refractivity contribution in [2.75, 3.05) is 19.4 Å². The van der Waals surface area contributed by atoms with E-state index in [1.165, 1.54) is 12.1 Å². The molecule has 2 N–H and O–H groups in total. The fraction of sp³-hybridized carbons (Fsp3) is 0.533. The van der Waals surface area contributed by atoms with Gasteiger partial charge in [-0.1, -0.05) is 12.1 Å². The number of nitrogens with one attached hydrogen (secondary N) is 2.